The van der Waals surface area contributed by atoms with E-state index in [1.165, 1.54) is 0 Å². The van der Waals surface area contributed by atoms with Gasteiger partial charge in [-0.1, -0.05) is 29.8 Å². The summed E-state index contributed by atoms with van der Waals surface area (Å²) in [6.07, 6.45) is 0.0659. The van der Waals surface area contributed by atoms with E-state index in [0.717, 1.165) is 4.47 Å². The van der Waals surface area contributed by atoms with E-state index in [2.05, 4.69) is 15.9 Å². The smallest absolute Gasteiger partial charge is 0.253 e. The van der Waals surface area contributed by atoms with Gasteiger partial charge in [-0.05, 0) is 44.0 Å². The van der Waals surface area contributed by atoms with E-state index in [0.29, 0.717) is 24.4 Å². The van der Waals surface area contributed by atoms with E-state index in [-0.39, 0.29) is 17.4 Å². The van der Waals surface area contributed by atoms with Gasteiger partial charge in [-0.25, -0.2) is 0 Å². The molecular formula is C16H25BrN2O2. The second-order valence-corrected chi connectivity index (χ2v) is 7.29. The van der Waals surface area contributed by atoms with Gasteiger partial charge in [-0.3, -0.25) is 4.79 Å². The summed E-state index contributed by atoms with van der Waals surface area (Å²) >= 11 is 3.42. The fourth-order valence-corrected chi connectivity index (χ4v) is 2.50. The van der Waals surface area contributed by atoms with Crippen LogP contribution in [0.4, 0.5) is 0 Å². The average Bonchev–Trinajstić information content (AvgIpc) is 2.35. The molecule has 0 aliphatic rings. The minimum absolute atomic E-state index is 0.0357. The predicted molar refractivity (Wildman–Crippen MR) is 89.7 cm³/mol. The molecule has 0 aliphatic carbocycles. The zero-order valence-corrected chi connectivity index (χ0v) is 15.0. The molecule has 21 heavy (non-hydrogen) atoms. The van der Waals surface area contributed by atoms with Gasteiger partial charge in [0.05, 0.1) is 6.10 Å². The lowest BCUT2D eigenvalue weighted by Crippen LogP contribution is -2.39. The van der Waals surface area contributed by atoms with Crippen LogP contribution in [0.5, 0.6) is 5.75 Å². The third-order valence-electron chi connectivity index (χ3n) is 3.05. The molecule has 1 rings (SSSR count). The fraction of sp³-hybridized carbons (Fsp3) is 0.562. The van der Waals surface area contributed by atoms with Crippen LogP contribution in [0.1, 0.15) is 38.1 Å². The maximum atomic E-state index is 12.5. The van der Waals surface area contributed by atoms with Crippen molar-refractivity contribution in [1.29, 1.82) is 0 Å². The molecule has 0 saturated carbocycles. The minimum Gasteiger partial charge on any atom is -0.491 e. The van der Waals surface area contributed by atoms with Gasteiger partial charge >= 0.3 is 0 Å². The summed E-state index contributed by atoms with van der Waals surface area (Å²) in [4.78, 5) is 14.2. The molecule has 1 amide bonds. The summed E-state index contributed by atoms with van der Waals surface area (Å²) < 4.78 is 6.50. The highest BCUT2D eigenvalue weighted by molar-refractivity contribution is 9.10. The Hall–Kier alpha value is -1.07. The molecule has 4 nitrogen and oxygen atoms in total. The van der Waals surface area contributed by atoms with Crippen LogP contribution in [0.2, 0.25) is 0 Å². The number of carbonyl (C=O) groups is 1. The number of amides is 1. The van der Waals surface area contributed by atoms with Crippen molar-refractivity contribution in [3.63, 3.8) is 0 Å². The average molecular weight is 357 g/mol. The zero-order valence-electron chi connectivity index (χ0n) is 13.4. The van der Waals surface area contributed by atoms with Crippen LogP contribution in [0.15, 0.2) is 22.7 Å². The Labute approximate surface area is 135 Å². The molecule has 0 saturated heterocycles. The summed E-state index contributed by atoms with van der Waals surface area (Å²) in [7, 11) is 1.80. The highest BCUT2D eigenvalue weighted by Gasteiger charge is 2.22. The molecule has 118 valence electrons. The quantitative estimate of drug-likeness (QED) is 0.850. The lowest BCUT2D eigenvalue weighted by Gasteiger charge is -2.29. The SMILES string of the molecule is CC(C)Oc1cc(Br)cc(C(=O)N(C)CC(C)(C)CN)c1. The summed E-state index contributed by atoms with van der Waals surface area (Å²) in [6.45, 7) is 9.15. The first kappa shape index (κ1) is 18.0. The number of nitrogens with two attached hydrogens (primary N) is 1. The largest absolute Gasteiger partial charge is 0.491 e. The molecule has 0 aromatic heterocycles. The first-order valence-corrected chi connectivity index (χ1v) is 7.87. The van der Waals surface area contributed by atoms with Crippen LogP contribution in [-0.2, 0) is 0 Å². The van der Waals surface area contributed by atoms with Gasteiger partial charge in [0, 0.05) is 23.6 Å². The van der Waals surface area contributed by atoms with E-state index < -0.39 is 0 Å². The normalized spacial score (nSPS) is 11.6. The molecule has 0 radical (unpaired) electrons. The number of nitrogens with zero attached hydrogens (tertiary/aromatic N) is 1. The lowest BCUT2D eigenvalue weighted by molar-refractivity contribution is 0.0740. The topological polar surface area (TPSA) is 55.6 Å². The van der Waals surface area contributed by atoms with Crippen LogP contribution < -0.4 is 10.5 Å². The van der Waals surface area contributed by atoms with Crippen LogP contribution in [0.3, 0.4) is 0 Å². The van der Waals surface area contributed by atoms with Crippen molar-refractivity contribution >= 4 is 21.8 Å². The van der Waals surface area contributed by atoms with Crippen LogP contribution in [-0.4, -0.2) is 37.0 Å². The minimum atomic E-state index is -0.103. The first-order valence-electron chi connectivity index (χ1n) is 7.07. The van der Waals surface area contributed by atoms with Crippen molar-refractivity contribution < 1.29 is 9.53 Å². The number of carbonyl (C=O) groups excluding carboxylic acids is 1. The van der Waals surface area contributed by atoms with Gasteiger partial charge in [-0.2, -0.15) is 0 Å². The second-order valence-electron chi connectivity index (χ2n) is 6.37. The van der Waals surface area contributed by atoms with E-state index in [1.807, 2.05) is 39.8 Å². The van der Waals surface area contributed by atoms with Gasteiger partial charge in [-0.15, -0.1) is 0 Å². The highest BCUT2D eigenvalue weighted by atomic mass is 79.9. The maximum absolute atomic E-state index is 12.5. The third-order valence-corrected chi connectivity index (χ3v) is 3.51. The Morgan fingerprint density at radius 1 is 1.38 bits per heavy atom. The number of rotatable bonds is 6. The molecule has 0 atom stereocenters. The van der Waals surface area contributed by atoms with Gasteiger partial charge in [0.2, 0.25) is 0 Å². The molecule has 0 bridgehead atoms. The number of benzene rings is 1. The molecule has 0 unspecified atom stereocenters. The number of halogens is 1. The number of ether oxygens (including phenoxy) is 1. The van der Waals surface area contributed by atoms with E-state index in [9.17, 15) is 4.79 Å². The Bertz CT molecular complexity index is 501. The summed E-state index contributed by atoms with van der Waals surface area (Å²) in [6, 6.07) is 5.45. The van der Waals surface area contributed by atoms with Gasteiger partial charge < -0.3 is 15.4 Å². The highest BCUT2D eigenvalue weighted by Crippen LogP contribution is 2.24. The molecule has 0 fully saturated rings. The first-order chi connectivity index (χ1) is 9.64. The molecular weight excluding hydrogens is 332 g/mol. The lowest BCUT2D eigenvalue weighted by atomic mass is 9.93. The van der Waals surface area contributed by atoms with Crippen molar-refractivity contribution in [2.24, 2.45) is 11.1 Å². The predicted octanol–water partition coefficient (Wildman–Crippen LogP) is 3.29. The van der Waals surface area contributed by atoms with E-state index in [1.54, 1.807) is 18.0 Å². The molecule has 0 spiro atoms. The second kappa shape index (κ2) is 7.27. The maximum Gasteiger partial charge on any atom is 0.253 e. The van der Waals surface area contributed by atoms with Crippen molar-refractivity contribution in [2.45, 2.75) is 33.8 Å². The molecule has 1 aromatic rings. The van der Waals surface area contributed by atoms with Crippen LogP contribution in [0, 0.1) is 5.41 Å². The van der Waals surface area contributed by atoms with Gasteiger partial charge in [0.25, 0.3) is 5.91 Å². The molecule has 2 N–H and O–H groups in total. The molecule has 0 aliphatic heterocycles. The van der Waals surface area contributed by atoms with E-state index in [4.69, 9.17) is 10.5 Å². The van der Waals surface area contributed by atoms with E-state index >= 15 is 0 Å². The van der Waals surface area contributed by atoms with Crippen LogP contribution >= 0.6 is 15.9 Å². The third kappa shape index (κ3) is 5.67. The monoisotopic (exact) mass is 356 g/mol. The Morgan fingerprint density at radius 3 is 2.52 bits per heavy atom. The van der Waals surface area contributed by atoms with Crippen molar-refractivity contribution in [2.75, 3.05) is 20.1 Å². The number of hydrogen-bond acceptors (Lipinski definition) is 3. The fourth-order valence-electron chi connectivity index (χ4n) is 2.03. The molecule has 1 aromatic carbocycles. The Balaban J connectivity index is 2.93. The summed E-state index contributed by atoms with van der Waals surface area (Å²) in [5.74, 6) is 0.653. The Kier molecular flexibility index (Phi) is 6.23. The van der Waals surface area contributed by atoms with Gasteiger partial charge in [0.15, 0.2) is 0 Å². The summed E-state index contributed by atoms with van der Waals surface area (Å²) in [5, 5.41) is 0. The standard InChI is InChI=1S/C16H25BrN2O2/c1-11(2)21-14-7-12(6-13(17)8-14)15(20)19(5)10-16(3,4)9-18/h6-8,11H,9-10,18H2,1-5H3. The van der Waals surface area contributed by atoms with Crippen molar-refractivity contribution in [1.82, 2.24) is 4.90 Å². The van der Waals surface area contributed by atoms with Crippen LogP contribution in [0.25, 0.3) is 0 Å². The molecule has 0 heterocycles. The van der Waals surface area contributed by atoms with Gasteiger partial charge in [0.1, 0.15) is 5.75 Å². The Morgan fingerprint density at radius 2 is 2.00 bits per heavy atom. The summed E-state index contributed by atoms with van der Waals surface area (Å²) in [5.41, 5.74) is 6.23. The zero-order chi connectivity index (χ0) is 16.2. The van der Waals surface area contributed by atoms with Crippen molar-refractivity contribution in [3.05, 3.63) is 28.2 Å². The van der Waals surface area contributed by atoms with Crippen molar-refractivity contribution in [3.8, 4) is 5.75 Å². The molecule has 5 heteroatoms. The number of hydrogen-bond donors (Lipinski definition) is 1.